The van der Waals surface area contributed by atoms with Gasteiger partial charge in [0.15, 0.2) is 0 Å². The van der Waals surface area contributed by atoms with Gasteiger partial charge in [-0.3, -0.25) is 9.59 Å². The van der Waals surface area contributed by atoms with E-state index in [1.165, 1.54) is 7.11 Å². The second-order valence-corrected chi connectivity index (χ2v) is 4.43. The zero-order valence-electron chi connectivity index (χ0n) is 9.78. The molecule has 5 heteroatoms. The highest BCUT2D eigenvalue weighted by Crippen LogP contribution is 2.32. The van der Waals surface area contributed by atoms with Gasteiger partial charge in [-0.2, -0.15) is 0 Å². The Bertz CT molecular complexity index is 271. The van der Waals surface area contributed by atoms with Crippen molar-refractivity contribution in [3.63, 3.8) is 0 Å². The van der Waals surface area contributed by atoms with Gasteiger partial charge in [-0.25, -0.2) is 0 Å². The molecule has 0 aromatic carbocycles. The maximum absolute atomic E-state index is 11.7. The van der Waals surface area contributed by atoms with Crippen molar-refractivity contribution in [2.75, 3.05) is 7.11 Å². The van der Waals surface area contributed by atoms with E-state index in [-0.39, 0.29) is 12.3 Å². The third kappa shape index (κ3) is 3.20. The first-order valence-corrected chi connectivity index (χ1v) is 5.56. The van der Waals surface area contributed by atoms with Crippen LogP contribution in [0.25, 0.3) is 0 Å². The van der Waals surface area contributed by atoms with Crippen molar-refractivity contribution < 1.29 is 19.4 Å². The highest BCUT2D eigenvalue weighted by atomic mass is 16.5. The Labute approximate surface area is 95.2 Å². The molecule has 0 aliphatic heterocycles. The molecular formula is C11H19NO4. The van der Waals surface area contributed by atoms with Gasteiger partial charge >= 0.3 is 5.97 Å². The average Bonchev–Trinajstić information content (AvgIpc) is 2.63. The molecule has 0 aromatic rings. The smallest absolute Gasteiger partial charge is 0.305 e. The van der Waals surface area contributed by atoms with Crippen LogP contribution in [0.1, 0.15) is 39.0 Å². The number of hydrogen-bond donors (Lipinski definition) is 2. The second-order valence-electron chi connectivity index (χ2n) is 4.43. The fourth-order valence-electron chi connectivity index (χ4n) is 2.16. The average molecular weight is 229 g/mol. The molecule has 0 saturated heterocycles. The van der Waals surface area contributed by atoms with Gasteiger partial charge in [-0.15, -0.1) is 0 Å². The van der Waals surface area contributed by atoms with E-state index in [0.717, 1.165) is 25.7 Å². The van der Waals surface area contributed by atoms with Gasteiger partial charge in [0.05, 0.1) is 12.0 Å². The van der Waals surface area contributed by atoms with Crippen LogP contribution in [0.15, 0.2) is 0 Å². The lowest BCUT2D eigenvalue weighted by molar-refractivity contribution is -0.140. The minimum absolute atomic E-state index is 0.00479. The number of rotatable bonds is 5. The lowest BCUT2D eigenvalue weighted by Crippen LogP contribution is -2.51. The number of methoxy groups -OCH3 is 1. The van der Waals surface area contributed by atoms with Gasteiger partial charge in [0.2, 0.25) is 5.91 Å². The summed E-state index contributed by atoms with van der Waals surface area (Å²) >= 11 is 0. The van der Waals surface area contributed by atoms with E-state index in [4.69, 9.17) is 9.84 Å². The summed E-state index contributed by atoms with van der Waals surface area (Å²) in [5.41, 5.74) is -0.560. The highest BCUT2D eigenvalue weighted by molar-refractivity contribution is 5.82. The van der Waals surface area contributed by atoms with E-state index in [2.05, 4.69) is 5.32 Å². The van der Waals surface area contributed by atoms with Crippen molar-refractivity contribution in [3.05, 3.63) is 0 Å². The van der Waals surface area contributed by atoms with E-state index in [9.17, 15) is 9.59 Å². The van der Waals surface area contributed by atoms with Crippen LogP contribution in [0.5, 0.6) is 0 Å². The first-order valence-electron chi connectivity index (χ1n) is 5.56. The van der Waals surface area contributed by atoms with Gasteiger partial charge in [0.25, 0.3) is 0 Å². The number of hydrogen-bond acceptors (Lipinski definition) is 3. The lowest BCUT2D eigenvalue weighted by atomic mass is 9.93. The second kappa shape index (κ2) is 5.30. The number of amides is 1. The number of carboxylic acids is 1. The van der Waals surface area contributed by atoms with Crippen molar-refractivity contribution in [3.8, 4) is 0 Å². The Morgan fingerprint density at radius 3 is 2.44 bits per heavy atom. The van der Waals surface area contributed by atoms with Crippen LogP contribution in [-0.2, 0) is 14.3 Å². The van der Waals surface area contributed by atoms with E-state index in [1.54, 1.807) is 6.92 Å². The Kier molecular flexibility index (Phi) is 4.29. The van der Waals surface area contributed by atoms with Crippen LogP contribution >= 0.6 is 0 Å². The van der Waals surface area contributed by atoms with E-state index in [1.807, 2.05) is 0 Å². The van der Waals surface area contributed by atoms with Gasteiger partial charge in [-0.05, 0) is 19.8 Å². The van der Waals surface area contributed by atoms with Crippen molar-refractivity contribution in [2.45, 2.75) is 50.7 Å². The topological polar surface area (TPSA) is 75.6 Å². The van der Waals surface area contributed by atoms with Crippen molar-refractivity contribution in [1.82, 2.24) is 5.32 Å². The number of carboxylic acid groups (broad SMARTS) is 1. The number of carbonyl (C=O) groups excluding carboxylic acids is 1. The van der Waals surface area contributed by atoms with Crippen LogP contribution in [0, 0.1) is 0 Å². The predicted molar refractivity (Wildman–Crippen MR) is 58.1 cm³/mol. The molecule has 5 nitrogen and oxygen atoms in total. The number of aliphatic carboxylic acids is 1. The first-order chi connectivity index (χ1) is 7.49. The Balaban J connectivity index is 2.64. The Morgan fingerprint density at radius 1 is 1.44 bits per heavy atom. The van der Waals surface area contributed by atoms with E-state index >= 15 is 0 Å². The highest BCUT2D eigenvalue weighted by Gasteiger charge is 2.38. The van der Waals surface area contributed by atoms with Gasteiger partial charge in [0, 0.05) is 7.11 Å². The normalized spacial score (nSPS) is 20.4. The summed E-state index contributed by atoms with van der Waals surface area (Å²) in [5.74, 6) is -1.10. The molecule has 1 aliphatic rings. The summed E-state index contributed by atoms with van der Waals surface area (Å²) in [6.07, 6.45) is 2.87. The molecule has 0 heterocycles. The Hall–Kier alpha value is -1.10. The van der Waals surface area contributed by atoms with E-state index in [0.29, 0.717) is 0 Å². The molecule has 1 aliphatic carbocycles. The zero-order chi connectivity index (χ0) is 12.2. The fraction of sp³-hybridized carbons (Fsp3) is 0.818. The van der Waals surface area contributed by atoms with Crippen LogP contribution in [0.2, 0.25) is 0 Å². The summed E-state index contributed by atoms with van der Waals surface area (Å²) in [5, 5.41) is 11.7. The summed E-state index contributed by atoms with van der Waals surface area (Å²) in [4.78, 5) is 22.5. The quantitative estimate of drug-likeness (QED) is 0.735. The Morgan fingerprint density at radius 2 is 2.00 bits per heavy atom. The molecular weight excluding hydrogens is 210 g/mol. The molecule has 0 bridgehead atoms. The molecule has 0 spiro atoms. The minimum Gasteiger partial charge on any atom is -0.481 e. The third-order valence-electron chi connectivity index (χ3n) is 3.16. The molecule has 92 valence electrons. The number of carbonyl (C=O) groups is 2. The molecule has 2 N–H and O–H groups in total. The maximum Gasteiger partial charge on any atom is 0.305 e. The zero-order valence-corrected chi connectivity index (χ0v) is 9.78. The minimum atomic E-state index is -0.868. The summed E-state index contributed by atoms with van der Waals surface area (Å²) in [6.45, 7) is 1.65. The van der Waals surface area contributed by atoms with Crippen LogP contribution in [0.3, 0.4) is 0 Å². The standard InChI is InChI=1S/C11H19NO4/c1-8(16-2)10(15)12-11(7-9(13)14)5-3-4-6-11/h8H,3-7H2,1-2H3,(H,12,15)(H,13,14). The van der Waals surface area contributed by atoms with Gasteiger partial charge in [0.1, 0.15) is 6.10 Å². The van der Waals surface area contributed by atoms with Crippen LogP contribution in [0.4, 0.5) is 0 Å². The largest absolute Gasteiger partial charge is 0.481 e. The van der Waals surface area contributed by atoms with Gasteiger partial charge in [-0.1, -0.05) is 12.8 Å². The first kappa shape index (κ1) is 13.0. The van der Waals surface area contributed by atoms with Crippen molar-refractivity contribution in [2.24, 2.45) is 0 Å². The molecule has 1 saturated carbocycles. The molecule has 0 radical (unpaired) electrons. The third-order valence-corrected chi connectivity index (χ3v) is 3.16. The molecule has 1 unspecified atom stereocenters. The fourth-order valence-corrected chi connectivity index (χ4v) is 2.16. The molecule has 1 fully saturated rings. The van der Waals surface area contributed by atoms with Crippen LogP contribution in [-0.4, -0.2) is 35.7 Å². The van der Waals surface area contributed by atoms with Crippen molar-refractivity contribution in [1.29, 1.82) is 0 Å². The number of nitrogens with one attached hydrogen (secondary N) is 1. The van der Waals surface area contributed by atoms with Crippen LogP contribution < -0.4 is 5.32 Å². The molecule has 1 atom stereocenters. The molecule has 1 amide bonds. The monoisotopic (exact) mass is 229 g/mol. The molecule has 16 heavy (non-hydrogen) atoms. The molecule has 0 aromatic heterocycles. The number of ether oxygens (including phenoxy) is 1. The lowest BCUT2D eigenvalue weighted by Gasteiger charge is -2.29. The summed E-state index contributed by atoms with van der Waals surface area (Å²) in [6, 6.07) is 0. The SMILES string of the molecule is COC(C)C(=O)NC1(CC(=O)O)CCCC1. The van der Waals surface area contributed by atoms with Gasteiger partial charge < -0.3 is 15.2 Å². The maximum atomic E-state index is 11.7. The van der Waals surface area contributed by atoms with Crippen molar-refractivity contribution >= 4 is 11.9 Å². The molecule has 1 rings (SSSR count). The van der Waals surface area contributed by atoms with E-state index < -0.39 is 17.6 Å². The summed E-state index contributed by atoms with van der Waals surface area (Å²) < 4.78 is 4.91. The predicted octanol–water partition coefficient (Wildman–Crippen LogP) is 0.925. The summed E-state index contributed by atoms with van der Waals surface area (Å²) in [7, 11) is 1.46.